The molecule has 0 unspecified atom stereocenters. The van der Waals surface area contributed by atoms with Gasteiger partial charge < -0.3 is 10.6 Å². The number of carbonyl (C=O) groups excluding carboxylic acids is 1. The minimum Gasteiger partial charge on any atom is -0.328 e. The number of aromatic nitrogens is 3. The molecule has 1 amide bonds. The van der Waals surface area contributed by atoms with Crippen LogP contribution in [0.5, 0.6) is 0 Å². The minimum atomic E-state index is -0.161. The number of nitrogens with one attached hydrogen (secondary N) is 2. The summed E-state index contributed by atoms with van der Waals surface area (Å²) in [4.78, 5) is 16.8. The lowest BCUT2D eigenvalue weighted by Gasteiger charge is -2.19. The van der Waals surface area contributed by atoms with Gasteiger partial charge in [-0.2, -0.15) is 10.1 Å². The van der Waals surface area contributed by atoms with Crippen LogP contribution in [0.2, 0.25) is 5.02 Å². The number of anilines is 2. The Morgan fingerprint density at radius 1 is 1.41 bits per heavy atom. The lowest BCUT2D eigenvalue weighted by atomic mass is 10.1. The van der Waals surface area contributed by atoms with Crippen molar-refractivity contribution in [1.29, 1.82) is 0 Å². The van der Waals surface area contributed by atoms with E-state index in [1.165, 1.54) is 0 Å². The third-order valence-corrected chi connectivity index (χ3v) is 3.72. The molecule has 1 aliphatic heterocycles. The highest BCUT2D eigenvalue weighted by Crippen LogP contribution is 2.21. The molecule has 0 saturated carbocycles. The second kappa shape index (κ2) is 5.81. The maximum Gasteiger partial charge on any atom is 0.255 e. The fraction of sp³-hybridized carbons (Fsp3) is 0.267. The first-order valence-corrected chi connectivity index (χ1v) is 7.42. The van der Waals surface area contributed by atoms with Crippen molar-refractivity contribution >= 4 is 29.1 Å². The molecule has 0 radical (unpaired) electrons. The van der Waals surface area contributed by atoms with E-state index >= 15 is 0 Å². The molecule has 0 fully saturated rings. The quantitative estimate of drug-likeness (QED) is 0.913. The van der Waals surface area contributed by atoms with Crippen molar-refractivity contribution < 1.29 is 4.79 Å². The van der Waals surface area contributed by atoms with E-state index in [1.807, 2.05) is 13.8 Å². The molecule has 0 atom stereocenters. The molecule has 114 valence electrons. The molecule has 0 spiro atoms. The number of benzene rings is 1. The van der Waals surface area contributed by atoms with Gasteiger partial charge in [-0.05, 0) is 31.2 Å². The highest BCUT2D eigenvalue weighted by Gasteiger charge is 2.22. The van der Waals surface area contributed by atoms with E-state index in [9.17, 15) is 4.79 Å². The first-order valence-electron chi connectivity index (χ1n) is 7.04. The molecule has 2 N–H and O–H groups in total. The zero-order chi connectivity index (χ0) is 15.7. The topological polar surface area (TPSA) is 71.8 Å². The predicted molar refractivity (Wildman–Crippen MR) is 85.8 cm³/mol. The van der Waals surface area contributed by atoms with Crippen molar-refractivity contribution in [1.82, 2.24) is 14.8 Å². The van der Waals surface area contributed by atoms with Gasteiger partial charge in [0.15, 0.2) is 5.82 Å². The van der Waals surface area contributed by atoms with Crippen LogP contribution in [-0.4, -0.2) is 20.7 Å². The number of halogens is 1. The van der Waals surface area contributed by atoms with E-state index in [2.05, 4.69) is 20.7 Å². The molecule has 7 heteroatoms. The van der Waals surface area contributed by atoms with E-state index in [1.54, 1.807) is 28.9 Å². The normalized spacial score (nSPS) is 13.6. The van der Waals surface area contributed by atoms with Crippen LogP contribution in [-0.2, 0) is 17.8 Å². The van der Waals surface area contributed by atoms with Gasteiger partial charge in [-0.25, -0.2) is 4.68 Å². The first kappa shape index (κ1) is 14.6. The van der Waals surface area contributed by atoms with E-state index in [0.717, 1.165) is 17.9 Å². The lowest BCUT2D eigenvalue weighted by molar-refractivity contribution is -0.113. The van der Waals surface area contributed by atoms with Gasteiger partial charge >= 0.3 is 0 Å². The number of rotatable bonds is 3. The van der Waals surface area contributed by atoms with Gasteiger partial charge in [-0.3, -0.25) is 4.79 Å². The van der Waals surface area contributed by atoms with Gasteiger partial charge in [0.05, 0.1) is 12.1 Å². The fourth-order valence-electron chi connectivity index (χ4n) is 2.23. The largest absolute Gasteiger partial charge is 0.328 e. The smallest absolute Gasteiger partial charge is 0.255 e. The van der Waals surface area contributed by atoms with Crippen LogP contribution in [0.3, 0.4) is 0 Å². The zero-order valence-electron chi connectivity index (χ0n) is 12.4. The molecule has 0 bridgehead atoms. The Morgan fingerprint density at radius 2 is 2.14 bits per heavy atom. The monoisotopic (exact) mass is 317 g/mol. The van der Waals surface area contributed by atoms with Gasteiger partial charge in [0.1, 0.15) is 0 Å². The van der Waals surface area contributed by atoms with Crippen LogP contribution >= 0.6 is 11.6 Å². The summed E-state index contributed by atoms with van der Waals surface area (Å²) in [7, 11) is 0. The minimum absolute atomic E-state index is 0.161. The van der Waals surface area contributed by atoms with E-state index in [4.69, 9.17) is 11.6 Å². The SMILES string of the molecule is CCc1nc2n(n1)CC(C(=O)Nc1ccc(Cl)cc1)=C(C)N2. The van der Waals surface area contributed by atoms with Crippen molar-refractivity contribution in [3.05, 3.63) is 46.4 Å². The summed E-state index contributed by atoms with van der Waals surface area (Å²) in [6.07, 6.45) is 0.757. The Kier molecular flexibility index (Phi) is 3.85. The predicted octanol–water partition coefficient (Wildman–Crippen LogP) is 2.83. The van der Waals surface area contributed by atoms with Crippen LogP contribution in [0, 0.1) is 0 Å². The van der Waals surface area contributed by atoms with Crippen LogP contribution in [0.25, 0.3) is 0 Å². The molecule has 1 aromatic heterocycles. The zero-order valence-corrected chi connectivity index (χ0v) is 13.1. The van der Waals surface area contributed by atoms with E-state index in [-0.39, 0.29) is 5.91 Å². The average Bonchev–Trinajstić information content (AvgIpc) is 2.90. The number of allylic oxidation sites excluding steroid dienone is 1. The summed E-state index contributed by atoms with van der Waals surface area (Å²) >= 11 is 5.84. The number of nitrogens with zero attached hydrogens (tertiary/aromatic N) is 3. The third-order valence-electron chi connectivity index (χ3n) is 3.47. The summed E-state index contributed by atoms with van der Waals surface area (Å²) in [5, 5.41) is 11.0. The molecule has 1 aliphatic rings. The Labute approximate surface area is 133 Å². The maximum atomic E-state index is 12.4. The van der Waals surface area contributed by atoms with Gasteiger partial charge in [0.25, 0.3) is 5.91 Å². The number of aryl methyl sites for hydroxylation is 1. The highest BCUT2D eigenvalue weighted by molar-refractivity contribution is 6.30. The van der Waals surface area contributed by atoms with Crippen LogP contribution in [0.1, 0.15) is 19.7 Å². The number of hydrogen-bond acceptors (Lipinski definition) is 4. The molecular weight excluding hydrogens is 302 g/mol. The molecule has 2 aromatic rings. The summed E-state index contributed by atoms with van der Waals surface area (Å²) in [6.45, 7) is 4.26. The highest BCUT2D eigenvalue weighted by atomic mass is 35.5. The second-order valence-corrected chi connectivity index (χ2v) is 5.49. The van der Waals surface area contributed by atoms with Crippen molar-refractivity contribution in [2.24, 2.45) is 0 Å². The number of fused-ring (bicyclic) bond motifs is 1. The number of amides is 1. The standard InChI is InChI=1S/C15H16ClN5O/c1-3-13-19-15-17-9(2)12(8-21(15)20-13)14(22)18-11-6-4-10(16)5-7-11/h4-7H,3,8H2,1-2H3,(H,18,22)(H,17,19,20). The van der Waals surface area contributed by atoms with Crippen LogP contribution in [0.4, 0.5) is 11.6 Å². The molecule has 0 aliphatic carbocycles. The third kappa shape index (κ3) is 2.82. The van der Waals surface area contributed by atoms with Gasteiger partial charge in [0, 0.05) is 22.8 Å². The first-order chi connectivity index (χ1) is 10.6. The molecule has 0 saturated heterocycles. The van der Waals surface area contributed by atoms with Gasteiger partial charge in [-0.15, -0.1) is 0 Å². The van der Waals surface area contributed by atoms with Crippen molar-refractivity contribution in [3.8, 4) is 0 Å². The van der Waals surface area contributed by atoms with Gasteiger partial charge in [0.2, 0.25) is 5.95 Å². The Balaban J connectivity index is 1.78. The summed E-state index contributed by atoms with van der Waals surface area (Å²) < 4.78 is 1.71. The van der Waals surface area contributed by atoms with Crippen LogP contribution < -0.4 is 10.6 Å². The summed E-state index contributed by atoms with van der Waals surface area (Å²) in [5.41, 5.74) is 2.12. The molecule has 22 heavy (non-hydrogen) atoms. The Hall–Kier alpha value is -2.34. The average molecular weight is 318 g/mol. The molecule has 2 heterocycles. The van der Waals surface area contributed by atoms with Crippen molar-refractivity contribution in [2.75, 3.05) is 10.6 Å². The van der Waals surface area contributed by atoms with Gasteiger partial charge in [-0.1, -0.05) is 18.5 Å². The summed E-state index contributed by atoms with van der Waals surface area (Å²) in [5.74, 6) is 1.28. The van der Waals surface area contributed by atoms with Crippen LogP contribution in [0.15, 0.2) is 35.5 Å². The van der Waals surface area contributed by atoms with Crippen molar-refractivity contribution in [2.45, 2.75) is 26.8 Å². The fourth-order valence-corrected chi connectivity index (χ4v) is 2.36. The van der Waals surface area contributed by atoms with E-state index < -0.39 is 0 Å². The lowest BCUT2D eigenvalue weighted by Crippen LogP contribution is -2.26. The van der Waals surface area contributed by atoms with E-state index in [0.29, 0.717) is 28.8 Å². The number of carbonyl (C=O) groups is 1. The van der Waals surface area contributed by atoms with Crippen molar-refractivity contribution in [3.63, 3.8) is 0 Å². The molecule has 3 rings (SSSR count). The number of hydrogen-bond donors (Lipinski definition) is 2. The second-order valence-electron chi connectivity index (χ2n) is 5.05. The maximum absolute atomic E-state index is 12.4. The Morgan fingerprint density at radius 3 is 2.82 bits per heavy atom. The summed E-state index contributed by atoms with van der Waals surface area (Å²) in [6, 6.07) is 7.01. The Bertz CT molecular complexity index is 748. The molecular formula is C15H16ClN5O. The molecule has 6 nitrogen and oxygen atoms in total. The molecule has 1 aromatic carbocycles.